The second-order valence-corrected chi connectivity index (χ2v) is 4.77. The van der Waals surface area contributed by atoms with E-state index < -0.39 is 0 Å². The Hall–Kier alpha value is -0.870. The molecule has 1 aliphatic heterocycles. The van der Waals surface area contributed by atoms with Crippen molar-refractivity contribution in [1.82, 2.24) is 9.97 Å². The Balaban J connectivity index is 1.96. The molecule has 0 saturated carbocycles. The van der Waals surface area contributed by atoms with Gasteiger partial charge in [-0.1, -0.05) is 18.5 Å². The molecule has 1 aromatic rings. The molecule has 0 aliphatic carbocycles. The highest BCUT2D eigenvalue weighted by atomic mass is 35.5. The minimum Gasteiger partial charge on any atom is -0.381 e. The zero-order chi connectivity index (χ0) is 12.1. The average Bonchev–Trinajstić information content (AvgIpc) is 2.39. The number of hydrogen-bond acceptors (Lipinski definition) is 4. The molecule has 1 atom stereocenters. The molecule has 2 rings (SSSR count). The van der Waals surface area contributed by atoms with Crippen LogP contribution in [0.4, 0.5) is 5.95 Å². The van der Waals surface area contributed by atoms with Crippen LogP contribution in [0.25, 0.3) is 0 Å². The van der Waals surface area contributed by atoms with Crippen molar-refractivity contribution >= 4 is 17.5 Å². The number of anilines is 1. The lowest BCUT2D eigenvalue weighted by molar-refractivity contribution is 0.0601. The predicted octanol–water partition coefficient (Wildman–Crippen LogP) is 2.75. The maximum absolute atomic E-state index is 5.76. The van der Waals surface area contributed by atoms with E-state index in [4.69, 9.17) is 16.3 Å². The van der Waals surface area contributed by atoms with Gasteiger partial charge in [0.05, 0.1) is 17.4 Å². The van der Waals surface area contributed by atoms with Gasteiger partial charge in [0.15, 0.2) is 0 Å². The summed E-state index contributed by atoms with van der Waals surface area (Å²) in [4.78, 5) is 8.35. The van der Waals surface area contributed by atoms with E-state index in [1.807, 2.05) is 0 Å². The first kappa shape index (κ1) is 12.6. The van der Waals surface area contributed by atoms with Crippen molar-refractivity contribution in [3.05, 3.63) is 17.4 Å². The first-order valence-electron chi connectivity index (χ1n) is 6.11. The lowest BCUT2D eigenvalue weighted by atomic mass is 9.90. The van der Waals surface area contributed by atoms with Crippen LogP contribution in [0.5, 0.6) is 0 Å². The lowest BCUT2D eigenvalue weighted by Crippen LogP contribution is -2.33. The number of nitrogens with zero attached hydrogens (tertiary/aromatic N) is 2. The van der Waals surface area contributed by atoms with E-state index in [9.17, 15) is 0 Å². The van der Waals surface area contributed by atoms with E-state index in [1.54, 1.807) is 12.4 Å². The van der Waals surface area contributed by atoms with Gasteiger partial charge in [0.2, 0.25) is 5.95 Å². The quantitative estimate of drug-likeness (QED) is 0.899. The Kier molecular flexibility index (Phi) is 4.57. The molecular formula is C12H18ClN3O. The largest absolute Gasteiger partial charge is 0.381 e. The topological polar surface area (TPSA) is 47.0 Å². The van der Waals surface area contributed by atoms with Gasteiger partial charge in [-0.2, -0.15) is 0 Å². The van der Waals surface area contributed by atoms with Gasteiger partial charge in [-0.25, -0.2) is 9.97 Å². The second kappa shape index (κ2) is 6.17. The maximum Gasteiger partial charge on any atom is 0.222 e. The van der Waals surface area contributed by atoms with Gasteiger partial charge in [0.25, 0.3) is 0 Å². The Labute approximate surface area is 107 Å². The molecule has 1 N–H and O–H groups in total. The minimum absolute atomic E-state index is 0.417. The molecule has 4 nitrogen and oxygen atoms in total. The van der Waals surface area contributed by atoms with Gasteiger partial charge < -0.3 is 10.1 Å². The molecule has 94 valence electrons. The summed E-state index contributed by atoms with van der Waals surface area (Å²) in [5, 5.41) is 3.95. The SMILES string of the molecule is CCC(Nc1ncc(Cl)cn1)C1CCOCC1. The third-order valence-electron chi connectivity index (χ3n) is 3.21. The number of hydrogen-bond donors (Lipinski definition) is 1. The second-order valence-electron chi connectivity index (χ2n) is 4.33. The summed E-state index contributed by atoms with van der Waals surface area (Å²) < 4.78 is 5.38. The van der Waals surface area contributed by atoms with Crippen LogP contribution in [0.3, 0.4) is 0 Å². The smallest absolute Gasteiger partial charge is 0.222 e. The molecule has 1 aliphatic rings. The van der Waals surface area contributed by atoms with Crippen LogP contribution in [-0.2, 0) is 4.74 Å². The van der Waals surface area contributed by atoms with Crippen molar-refractivity contribution < 1.29 is 4.74 Å². The summed E-state index contributed by atoms with van der Waals surface area (Å²) in [5.41, 5.74) is 0. The first-order chi connectivity index (χ1) is 8.29. The summed E-state index contributed by atoms with van der Waals surface area (Å²) in [5.74, 6) is 1.31. The molecule has 0 radical (unpaired) electrons. The van der Waals surface area contributed by atoms with E-state index in [2.05, 4.69) is 22.2 Å². The molecule has 1 fully saturated rings. The first-order valence-corrected chi connectivity index (χ1v) is 6.49. The number of aromatic nitrogens is 2. The minimum atomic E-state index is 0.417. The van der Waals surface area contributed by atoms with Gasteiger partial charge in [0.1, 0.15) is 0 Å². The lowest BCUT2D eigenvalue weighted by Gasteiger charge is -2.30. The maximum atomic E-state index is 5.76. The van der Waals surface area contributed by atoms with Crippen molar-refractivity contribution in [2.45, 2.75) is 32.2 Å². The fraction of sp³-hybridized carbons (Fsp3) is 0.667. The number of ether oxygens (including phenoxy) is 1. The summed E-state index contributed by atoms with van der Waals surface area (Å²) in [6, 6.07) is 0.417. The molecule has 2 heterocycles. The third kappa shape index (κ3) is 3.54. The van der Waals surface area contributed by atoms with Crippen molar-refractivity contribution in [1.29, 1.82) is 0 Å². The van der Waals surface area contributed by atoms with Crippen molar-refractivity contribution in [2.75, 3.05) is 18.5 Å². The Morgan fingerprint density at radius 3 is 2.65 bits per heavy atom. The van der Waals surface area contributed by atoms with E-state index in [1.165, 1.54) is 0 Å². The third-order valence-corrected chi connectivity index (χ3v) is 3.40. The van der Waals surface area contributed by atoms with Gasteiger partial charge in [-0.15, -0.1) is 0 Å². The summed E-state index contributed by atoms with van der Waals surface area (Å²) >= 11 is 5.76. The van der Waals surface area contributed by atoms with E-state index in [0.29, 0.717) is 22.9 Å². The van der Waals surface area contributed by atoms with Crippen molar-refractivity contribution in [2.24, 2.45) is 5.92 Å². The highest BCUT2D eigenvalue weighted by Crippen LogP contribution is 2.23. The van der Waals surface area contributed by atoms with Crippen LogP contribution >= 0.6 is 11.6 Å². The number of halogens is 1. The molecule has 1 unspecified atom stereocenters. The van der Waals surface area contributed by atoms with Crippen LogP contribution < -0.4 is 5.32 Å². The highest BCUT2D eigenvalue weighted by molar-refractivity contribution is 6.30. The standard InChI is InChI=1S/C12H18ClN3O/c1-2-11(9-3-5-17-6-4-9)16-12-14-7-10(13)8-15-12/h7-9,11H,2-6H2,1H3,(H,14,15,16). The number of nitrogens with one attached hydrogen (secondary N) is 1. The Morgan fingerprint density at radius 2 is 2.06 bits per heavy atom. The molecule has 17 heavy (non-hydrogen) atoms. The monoisotopic (exact) mass is 255 g/mol. The zero-order valence-electron chi connectivity index (χ0n) is 10.0. The van der Waals surface area contributed by atoms with Crippen LogP contribution in [0.1, 0.15) is 26.2 Å². The Bertz CT molecular complexity index is 338. The fourth-order valence-corrected chi connectivity index (χ4v) is 2.32. The van der Waals surface area contributed by atoms with Crippen LogP contribution in [0, 0.1) is 5.92 Å². The van der Waals surface area contributed by atoms with Crippen molar-refractivity contribution in [3.8, 4) is 0 Å². The normalized spacial score (nSPS) is 18.9. The molecule has 0 aromatic carbocycles. The van der Waals surface area contributed by atoms with Crippen LogP contribution in [0.2, 0.25) is 5.02 Å². The molecule has 1 saturated heterocycles. The molecule has 0 spiro atoms. The van der Waals surface area contributed by atoms with Crippen LogP contribution in [-0.4, -0.2) is 29.2 Å². The fourth-order valence-electron chi connectivity index (χ4n) is 2.22. The molecule has 5 heteroatoms. The summed E-state index contributed by atoms with van der Waals surface area (Å²) in [6.45, 7) is 3.91. The Morgan fingerprint density at radius 1 is 1.41 bits per heavy atom. The molecule has 1 aromatic heterocycles. The van der Waals surface area contributed by atoms with Crippen molar-refractivity contribution in [3.63, 3.8) is 0 Å². The van der Waals surface area contributed by atoms with Crippen LogP contribution in [0.15, 0.2) is 12.4 Å². The van der Waals surface area contributed by atoms with E-state index in [-0.39, 0.29) is 0 Å². The average molecular weight is 256 g/mol. The summed E-state index contributed by atoms with van der Waals surface area (Å²) in [6.07, 6.45) is 6.52. The van der Waals surface area contributed by atoms with Gasteiger partial charge in [0, 0.05) is 19.3 Å². The van der Waals surface area contributed by atoms with E-state index >= 15 is 0 Å². The van der Waals surface area contributed by atoms with Gasteiger partial charge >= 0.3 is 0 Å². The van der Waals surface area contributed by atoms with E-state index in [0.717, 1.165) is 32.5 Å². The predicted molar refractivity (Wildman–Crippen MR) is 68.3 cm³/mol. The summed E-state index contributed by atoms with van der Waals surface area (Å²) in [7, 11) is 0. The highest BCUT2D eigenvalue weighted by Gasteiger charge is 2.23. The molecule has 0 bridgehead atoms. The number of rotatable bonds is 4. The van der Waals surface area contributed by atoms with Gasteiger partial charge in [-0.3, -0.25) is 0 Å². The zero-order valence-corrected chi connectivity index (χ0v) is 10.8. The molecular weight excluding hydrogens is 238 g/mol. The molecule has 0 amide bonds. The van der Waals surface area contributed by atoms with Gasteiger partial charge in [-0.05, 0) is 25.2 Å².